The molecule has 3 heteroatoms. The Bertz CT molecular complexity index is 454. The van der Waals surface area contributed by atoms with E-state index in [9.17, 15) is 4.39 Å². The van der Waals surface area contributed by atoms with E-state index in [0.29, 0.717) is 12.1 Å². The molecule has 2 rings (SSSR count). The average molecular weight is 294 g/mol. The van der Waals surface area contributed by atoms with E-state index in [0.717, 1.165) is 11.0 Å². The summed E-state index contributed by atoms with van der Waals surface area (Å²) in [7, 11) is 0. The summed E-state index contributed by atoms with van der Waals surface area (Å²) in [6, 6.07) is 14.8. The highest BCUT2D eigenvalue weighted by molar-refractivity contribution is 9.10. The van der Waals surface area contributed by atoms with Crippen LogP contribution in [0.25, 0.3) is 0 Å². The Hall–Kier alpha value is -1.19. The molecule has 0 fully saturated rings. The first-order valence-corrected chi connectivity index (χ1v) is 6.24. The highest BCUT2D eigenvalue weighted by Crippen LogP contribution is 2.15. The van der Waals surface area contributed by atoms with Gasteiger partial charge in [0.1, 0.15) is 5.82 Å². The first kappa shape index (κ1) is 12.3. The van der Waals surface area contributed by atoms with E-state index >= 15 is 0 Å². The van der Waals surface area contributed by atoms with Crippen molar-refractivity contribution in [3.8, 4) is 0 Å². The van der Waals surface area contributed by atoms with Gasteiger partial charge in [-0.15, -0.1) is 0 Å². The summed E-state index contributed by atoms with van der Waals surface area (Å²) < 4.78 is 14.4. The van der Waals surface area contributed by atoms with Crippen molar-refractivity contribution >= 4 is 15.9 Å². The molecule has 0 saturated heterocycles. The van der Waals surface area contributed by atoms with Gasteiger partial charge in [-0.1, -0.05) is 52.3 Å². The lowest BCUT2D eigenvalue weighted by Crippen LogP contribution is -2.13. The molecule has 0 amide bonds. The highest BCUT2D eigenvalue weighted by Gasteiger charge is 2.01. The zero-order valence-electron chi connectivity index (χ0n) is 9.29. The minimum Gasteiger partial charge on any atom is -0.308 e. The number of nitrogens with one attached hydrogen (secondary N) is 1. The van der Waals surface area contributed by atoms with Crippen LogP contribution in [0.4, 0.5) is 4.39 Å². The Morgan fingerprint density at radius 2 is 1.47 bits per heavy atom. The minimum absolute atomic E-state index is 0.160. The van der Waals surface area contributed by atoms with Gasteiger partial charge < -0.3 is 5.32 Å². The fraction of sp³-hybridized carbons (Fsp3) is 0.143. The zero-order chi connectivity index (χ0) is 12.1. The quantitative estimate of drug-likeness (QED) is 0.902. The van der Waals surface area contributed by atoms with Crippen molar-refractivity contribution in [2.45, 2.75) is 13.1 Å². The van der Waals surface area contributed by atoms with Gasteiger partial charge in [-0.25, -0.2) is 4.39 Å². The first-order valence-electron chi connectivity index (χ1n) is 5.45. The SMILES string of the molecule is Fc1ccccc1CNCc1ccccc1Br. The van der Waals surface area contributed by atoms with Gasteiger partial charge in [0.2, 0.25) is 0 Å². The van der Waals surface area contributed by atoms with Crippen molar-refractivity contribution in [2.75, 3.05) is 0 Å². The smallest absolute Gasteiger partial charge is 0.127 e. The Balaban J connectivity index is 1.93. The maximum absolute atomic E-state index is 13.3. The van der Waals surface area contributed by atoms with Gasteiger partial charge in [0.15, 0.2) is 0 Å². The standard InChI is InChI=1S/C14H13BrFN/c15-13-7-3-1-5-11(13)9-17-10-12-6-2-4-8-14(12)16/h1-8,17H,9-10H2. The predicted octanol–water partition coefficient (Wildman–Crippen LogP) is 3.88. The average Bonchev–Trinajstić information content (AvgIpc) is 2.34. The molecule has 0 saturated carbocycles. The van der Waals surface area contributed by atoms with Crippen LogP contribution in [0, 0.1) is 5.82 Å². The monoisotopic (exact) mass is 293 g/mol. The van der Waals surface area contributed by atoms with E-state index in [1.807, 2.05) is 30.3 Å². The van der Waals surface area contributed by atoms with Crippen molar-refractivity contribution < 1.29 is 4.39 Å². The van der Waals surface area contributed by atoms with Crippen molar-refractivity contribution in [1.29, 1.82) is 0 Å². The molecule has 1 N–H and O–H groups in total. The van der Waals surface area contributed by atoms with Gasteiger partial charge in [0.05, 0.1) is 0 Å². The van der Waals surface area contributed by atoms with E-state index in [4.69, 9.17) is 0 Å². The minimum atomic E-state index is -0.160. The van der Waals surface area contributed by atoms with Crippen LogP contribution in [0.15, 0.2) is 53.0 Å². The molecule has 0 aliphatic heterocycles. The summed E-state index contributed by atoms with van der Waals surface area (Å²) in [4.78, 5) is 0. The summed E-state index contributed by atoms with van der Waals surface area (Å²) >= 11 is 3.48. The fourth-order valence-corrected chi connectivity index (χ4v) is 2.04. The highest BCUT2D eigenvalue weighted by atomic mass is 79.9. The van der Waals surface area contributed by atoms with Crippen LogP contribution in [-0.4, -0.2) is 0 Å². The van der Waals surface area contributed by atoms with Crippen molar-refractivity contribution in [3.63, 3.8) is 0 Å². The van der Waals surface area contributed by atoms with E-state index < -0.39 is 0 Å². The molecule has 0 aliphatic carbocycles. The lowest BCUT2D eigenvalue weighted by molar-refractivity contribution is 0.587. The molecule has 0 unspecified atom stereocenters. The van der Waals surface area contributed by atoms with Gasteiger partial charge in [0.25, 0.3) is 0 Å². The molecule has 2 aromatic carbocycles. The summed E-state index contributed by atoms with van der Waals surface area (Å²) in [5, 5.41) is 3.23. The molecule has 0 aliphatic rings. The molecular weight excluding hydrogens is 281 g/mol. The van der Waals surface area contributed by atoms with Gasteiger partial charge in [0, 0.05) is 23.1 Å². The van der Waals surface area contributed by atoms with Crippen LogP contribution >= 0.6 is 15.9 Å². The second kappa shape index (κ2) is 5.94. The third kappa shape index (κ3) is 3.38. The molecule has 0 heterocycles. The van der Waals surface area contributed by atoms with Crippen molar-refractivity contribution in [3.05, 3.63) is 69.9 Å². The van der Waals surface area contributed by atoms with Gasteiger partial charge >= 0.3 is 0 Å². The van der Waals surface area contributed by atoms with Crippen molar-refractivity contribution in [1.82, 2.24) is 5.32 Å². The second-order valence-electron chi connectivity index (χ2n) is 3.79. The number of halogens is 2. The summed E-state index contributed by atoms with van der Waals surface area (Å²) in [6.45, 7) is 1.25. The van der Waals surface area contributed by atoms with Crippen LogP contribution in [0.1, 0.15) is 11.1 Å². The molecule has 1 nitrogen and oxygen atoms in total. The molecular formula is C14H13BrFN. The van der Waals surface area contributed by atoms with Gasteiger partial charge in [-0.2, -0.15) is 0 Å². The van der Waals surface area contributed by atoms with Crippen molar-refractivity contribution in [2.24, 2.45) is 0 Å². The predicted molar refractivity (Wildman–Crippen MR) is 71.1 cm³/mol. The van der Waals surface area contributed by atoms with Crippen LogP contribution in [0.2, 0.25) is 0 Å². The topological polar surface area (TPSA) is 12.0 Å². The normalized spacial score (nSPS) is 10.5. The van der Waals surface area contributed by atoms with E-state index in [1.54, 1.807) is 12.1 Å². The third-order valence-corrected chi connectivity index (χ3v) is 3.32. The lowest BCUT2D eigenvalue weighted by atomic mass is 10.2. The van der Waals surface area contributed by atoms with Crippen LogP contribution < -0.4 is 5.32 Å². The van der Waals surface area contributed by atoms with Gasteiger partial charge in [-0.3, -0.25) is 0 Å². The maximum atomic E-state index is 13.3. The first-order chi connectivity index (χ1) is 8.27. The molecule has 0 radical (unpaired) electrons. The molecule has 0 bridgehead atoms. The third-order valence-electron chi connectivity index (χ3n) is 2.55. The van der Waals surface area contributed by atoms with Crippen LogP contribution in [0.3, 0.4) is 0 Å². The Kier molecular flexibility index (Phi) is 4.29. The Labute approximate surface area is 109 Å². The summed E-state index contributed by atoms with van der Waals surface area (Å²) in [5.74, 6) is -0.160. The number of hydrogen-bond donors (Lipinski definition) is 1. The van der Waals surface area contributed by atoms with Crippen LogP contribution in [0.5, 0.6) is 0 Å². The summed E-state index contributed by atoms with van der Waals surface area (Å²) in [5.41, 5.74) is 1.86. The Morgan fingerprint density at radius 3 is 2.18 bits per heavy atom. The zero-order valence-corrected chi connectivity index (χ0v) is 10.9. The number of benzene rings is 2. The molecule has 0 atom stereocenters. The number of hydrogen-bond acceptors (Lipinski definition) is 1. The fourth-order valence-electron chi connectivity index (χ4n) is 1.62. The maximum Gasteiger partial charge on any atom is 0.127 e. The Morgan fingerprint density at radius 1 is 0.882 bits per heavy atom. The van der Waals surface area contributed by atoms with E-state index in [2.05, 4.69) is 21.2 Å². The molecule has 2 aromatic rings. The lowest BCUT2D eigenvalue weighted by Gasteiger charge is -2.07. The second-order valence-corrected chi connectivity index (χ2v) is 4.64. The molecule has 0 aromatic heterocycles. The van der Waals surface area contributed by atoms with E-state index in [1.165, 1.54) is 11.6 Å². The van der Waals surface area contributed by atoms with Crippen LogP contribution in [-0.2, 0) is 13.1 Å². The van der Waals surface area contributed by atoms with Gasteiger partial charge in [-0.05, 0) is 17.7 Å². The largest absolute Gasteiger partial charge is 0.308 e. The molecule has 88 valence electrons. The number of rotatable bonds is 4. The molecule has 17 heavy (non-hydrogen) atoms. The summed E-state index contributed by atoms with van der Waals surface area (Å²) in [6.07, 6.45) is 0. The molecule has 0 spiro atoms. The van der Waals surface area contributed by atoms with E-state index in [-0.39, 0.29) is 5.82 Å².